The lowest BCUT2D eigenvalue weighted by Gasteiger charge is -2.43. The van der Waals surface area contributed by atoms with Crippen molar-refractivity contribution in [3.8, 4) is 16.9 Å². The van der Waals surface area contributed by atoms with E-state index >= 15 is 0 Å². The molecule has 0 aromatic heterocycles. The predicted molar refractivity (Wildman–Crippen MR) is 112 cm³/mol. The fraction of sp³-hybridized carbons (Fsp3) is 0.478. The van der Waals surface area contributed by atoms with Crippen LogP contribution in [0.4, 0.5) is 0 Å². The number of para-hydroxylation sites is 1. The average Bonchev–Trinajstić information content (AvgIpc) is 2.67. The summed E-state index contributed by atoms with van der Waals surface area (Å²) in [5.41, 5.74) is 3.80. The summed E-state index contributed by atoms with van der Waals surface area (Å²) in [6.07, 6.45) is 2.71. The van der Waals surface area contributed by atoms with Gasteiger partial charge in [0, 0.05) is 20.9 Å². The Bertz CT molecular complexity index is 728. The Morgan fingerprint density at radius 1 is 0.962 bits per heavy atom. The van der Waals surface area contributed by atoms with Crippen LogP contribution < -0.4 is 4.74 Å². The molecule has 1 aliphatic rings. The Morgan fingerprint density at radius 2 is 1.62 bits per heavy atom. The second kappa shape index (κ2) is 8.55. The third-order valence-corrected chi connectivity index (χ3v) is 6.39. The van der Waals surface area contributed by atoms with E-state index < -0.39 is 0 Å². The molecule has 140 valence electrons. The van der Waals surface area contributed by atoms with Gasteiger partial charge in [-0.25, -0.2) is 0 Å². The van der Waals surface area contributed by atoms with Crippen LogP contribution in [-0.4, -0.2) is 13.2 Å². The molecule has 1 aliphatic carbocycles. The van der Waals surface area contributed by atoms with Crippen molar-refractivity contribution in [2.24, 2.45) is 17.8 Å². The van der Waals surface area contributed by atoms with Gasteiger partial charge in [0.25, 0.3) is 0 Å². The van der Waals surface area contributed by atoms with E-state index in [4.69, 9.17) is 9.26 Å². The van der Waals surface area contributed by atoms with Crippen molar-refractivity contribution in [1.29, 1.82) is 0 Å². The van der Waals surface area contributed by atoms with Crippen molar-refractivity contribution >= 4 is 9.47 Å². The quantitative estimate of drug-likeness (QED) is 0.573. The second-order valence-electron chi connectivity index (χ2n) is 7.88. The number of benzene rings is 2. The van der Waals surface area contributed by atoms with Gasteiger partial charge in [-0.05, 0) is 47.8 Å². The van der Waals surface area contributed by atoms with E-state index in [2.05, 4.69) is 66.6 Å². The van der Waals surface area contributed by atoms with Crippen molar-refractivity contribution in [2.45, 2.75) is 45.6 Å². The standard InChI is InChI=1S/C23H31O2P/c1-15(2)17-14-13-16(3)22(23(17)25-26)20-11-6-5-9-18(20)19-10-7-8-12-21(19)24-4/h5-12,15-17,22-23H,13-14,26H2,1-4H3. The van der Waals surface area contributed by atoms with Crippen LogP contribution in [0.5, 0.6) is 5.75 Å². The van der Waals surface area contributed by atoms with Gasteiger partial charge in [-0.3, -0.25) is 0 Å². The minimum atomic E-state index is 0.222. The zero-order valence-corrected chi connectivity index (χ0v) is 17.5. The molecule has 0 spiro atoms. The highest BCUT2D eigenvalue weighted by molar-refractivity contribution is 7.09. The third kappa shape index (κ3) is 3.68. The highest BCUT2D eigenvalue weighted by Crippen LogP contribution is 2.48. The minimum Gasteiger partial charge on any atom is -0.496 e. The molecule has 0 bridgehead atoms. The topological polar surface area (TPSA) is 18.5 Å². The van der Waals surface area contributed by atoms with E-state index in [0.29, 0.717) is 23.7 Å². The molecule has 0 amide bonds. The Morgan fingerprint density at radius 3 is 2.27 bits per heavy atom. The summed E-state index contributed by atoms with van der Waals surface area (Å²) >= 11 is 0. The van der Waals surface area contributed by atoms with E-state index in [1.807, 2.05) is 12.1 Å². The number of rotatable bonds is 5. The smallest absolute Gasteiger partial charge is 0.126 e. The lowest BCUT2D eigenvalue weighted by atomic mass is 9.66. The molecule has 5 atom stereocenters. The molecule has 3 heteroatoms. The first-order chi connectivity index (χ1) is 12.6. The molecule has 5 unspecified atom stereocenters. The average molecular weight is 370 g/mol. The summed E-state index contributed by atoms with van der Waals surface area (Å²) in [5.74, 6) is 3.10. The van der Waals surface area contributed by atoms with Crippen molar-refractivity contribution < 1.29 is 9.26 Å². The van der Waals surface area contributed by atoms with Crippen LogP contribution in [0.25, 0.3) is 11.1 Å². The molecule has 0 aliphatic heterocycles. The summed E-state index contributed by atoms with van der Waals surface area (Å²) in [7, 11) is 4.29. The summed E-state index contributed by atoms with van der Waals surface area (Å²) < 4.78 is 11.7. The van der Waals surface area contributed by atoms with Crippen molar-refractivity contribution in [3.63, 3.8) is 0 Å². The minimum absolute atomic E-state index is 0.222. The Labute approximate surface area is 160 Å². The van der Waals surface area contributed by atoms with Crippen LogP contribution >= 0.6 is 9.47 Å². The molecule has 0 heterocycles. The van der Waals surface area contributed by atoms with Gasteiger partial charge >= 0.3 is 0 Å². The highest BCUT2D eigenvalue weighted by atomic mass is 31.0. The van der Waals surface area contributed by atoms with E-state index in [1.165, 1.54) is 24.0 Å². The van der Waals surface area contributed by atoms with E-state index in [0.717, 1.165) is 11.3 Å². The molecular weight excluding hydrogens is 339 g/mol. The van der Waals surface area contributed by atoms with Gasteiger partial charge in [0.2, 0.25) is 0 Å². The largest absolute Gasteiger partial charge is 0.496 e. The van der Waals surface area contributed by atoms with E-state index in [-0.39, 0.29) is 6.10 Å². The molecule has 26 heavy (non-hydrogen) atoms. The SMILES string of the molecule is COc1ccccc1-c1ccccc1C1C(C)CCC(C(C)C)C1OP. The number of hydrogen-bond donors (Lipinski definition) is 0. The molecule has 2 nitrogen and oxygen atoms in total. The number of ether oxygens (including phenoxy) is 1. The van der Waals surface area contributed by atoms with Gasteiger partial charge in [0.05, 0.1) is 13.2 Å². The Hall–Kier alpha value is -1.37. The first-order valence-corrected chi connectivity index (χ1v) is 10.1. The van der Waals surface area contributed by atoms with Gasteiger partial charge in [0.15, 0.2) is 0 Å². The molecule has 0 N–H and O–H groups in total. The summed E-state index contributed by atoms with van der Waals surface area (Å²) in [5, 5.41) is 0. The van der Waals surface area contributed by atoms with Crippen LogP contribution in [0.3, 0.4) is 0 Å². The maximum Gasteiger partial charge on any atom is 0.126 e. The summed E-state index contributed by atoms with van der Waals surface area (Å²) in [6, 6.07) is 17.1. The van der Waals surface area contributed by atoms with Crippen LogP contribution in [0.1, 0.15) is 45.1 Å². The van der Waals surface area contributed by atoms with Crippen LogP contribution in [0.15, 0.2) is 48.5 Å². The Kier molecular flexibility index (Phi) is 6.37. The van der Waals surface area contributed by atoms with Crippen LogP contribution in [-0.2, 0) is 4.52 Å². The lowest BCUT2D eigenvalue weighted by Crippen LogP contribution is -2.39. The zero-order chi connectivity index (χ0) is 18.7. The number of hydrogen-bond acceptors (Lipinski definition) is 2. The molecule has 3 rings (SSSR count). The summed E-state index contributed by atoms with van der Waals surface area (Å²) in [4.78, 5) is 0. The first-order valence-electron chi connectivity index (χ1n) is 9.66. The monoisotopic (exact) mass is 370 g/mol. The lowest BCUT2D eigenvalue weighted by molar-refractivity contribution is 0.0377. The van der Waals surface area contributed by atoms with Crippen LogP contribution in [0, 0.1) is 17.8 Å². The maximum absolute atomic E-state index is 6.04. The van der Waals surface area contributed by atoms with Gasteiger partial charge in [0.1, 0.15) is 5.75 Å². The highest BCUT2D eigenvalue weighted by Gasteiger charge is 2.40. The van der Waals surface area contributed by atoms with E-state index in [9.17, 15) is 0 Å². The van der Waals surface area contributed by atoms with Crippen molar-refractivity contribution in [3.05, 3.63) is 54.1 Å². The van der Waals surface area contributed by atoms with Gasteiger partial charge in [-0.1, -0.05) is 63.2 Å². The second-order valence-corrected chi connectivity index (χ2v) is 8.15. The van der Waals surface area contributed by atoms with Crippen molar-refractivity contribution in [2.75, 3.05) is 7.11 Å². The fourth-order valence-electron chi connectivity index (χ4n) is 4.67. The molecule has 1 saturated carbocycles. The molecule has 0 saturated heterocycles. The Balaban J connectivity index is 2.11. The van der Waals surface area contributed by atoms with Gasteiger partial charge in [-0.15, -0.1) is 0 Å². The molecular formula is C23H31O2P. The third-order valence-electron chi connectivity index (χ3n) is 6.07. The van der Waals surface area contributed by atoms with Gasteiger partial charge in [-0.2, -0.15) is 0 Å². The van der Waals surface area contributed by atoms with Gasteiger partial charge < -0.3 is 9.26 Å². The number of methoxy groups -OCH3 is 1. The molecule has 2 aromatic rings. The summed E-state index contributed by atoms with van der Waals surface area (Å²) in [6.45, 7) is 7.01. The van der Waals surface area contributed by atoms with Crippen molar-refractivity contribution in [1.82, 2.24) is 0 Å². The zero-order valence-electron chi connectivity index (χ0n) is 16.3. The normalized spacial score (nSPS) is 26.1. The molecule has 1 fully saturated rings. The molecule has 0 radical (unpaired) electrons. The fourth-order valence-corrected chi connectivity index (χ4v) is 5.04. The van der Waals surface area contributed by atoms with Crippen LogP contribution in [0.2, 0.25) is 0 Å². The van der Waals surface area contributed by atoms with E-state index in [1.54, 1.807) is 7.11 Å². The maximum atomic E-state index is 6.04. The first kappa shape index (κ1) is 19.4. The molecule has 2 aromatic carbocycles. The predicted octanol–water partition coefficient (Wildman–Crippen LogP) is 6.32.